The first kappa shape index (κ1) is 27.3. The molecule has 5 rings (SSSR count). The van der Waals surface area contributed by atoms with Gasteiger partial charge in [-0.3, -0.25) is 9.59 Å². The van der Waals surface area contributed by atoms with Gasteiger partial charge in [0, 0.05) is 34.4 Å². The van der Waals surface area contributed by atoms with E-state index in [1.165, 1.54) is 0 Å². The maximum atomic E-state index is 13.3. The Labute approximate surface area is 239 Å². The molecule has 0 heterocycles. The van der Waals surface area contributed by atoms with Crippen LogP contribution < -0.4 is 20.1 Å². The maximum Gasteiger partial charge on any atom is 0.251 e. The van der Waals surface area contributed by atoms with Crippen LogP contribution in [0.1, 0.15) is 39.9 Å². The minimum absolute atomic E-state index is 0.0407. The van der Waals surface area contributed by atoms with E-state index in [4.69, 9.17) is 9.47 Å². The molecule has 0 aliphatic heterocycles. The van der Waals surface area contributed by atoms with Crippen LogP contribution in [-0.4, -0.2) is 26.0 Å². The average Bonchev–Trinajstić information content (AvgIpc) is 3.82. The third-order valence-electron chi connectivity index (χ3n) is 7.16. The molecule has 4 aromatic rings. The van der Waals surface area contributed by atoms with Crippen LogP contribution in [0.25, 0.3) is 0 Å². The molecule has 40 heavy (non-hydrogen) atoms. The summed E-state index contributed by atoms with van der Waals surface area (Å²) in [7, 11) is 3.20. The van der Waals surface area contributed by atoms with Gasteiger partial charge in [-0.15, -0.1) is 11.8 Å². The number of anilines is 1. The lowest BCUT2D eigenvalue weighted by atomic mass is 9.95. The summed E-state index contributed by atoms with van der Waals surface area (Å²) in [6, 6.07) is 31.0. The summed E-state index contributed by atoms with van der Waals surface area (Å²) in [6.07, 6.45) is 1.72. The van der Waals surface area contributed by atoms with Gasteiger partial charge in [-0.05, 0) is 60.4 Å². The molecule has 0 unspecified atom stereocenters. The standard InChI is InChI=1S/C33H32N2O4S/c1-38-27-16-15-25(29(20-27)39-2)21-34-31(36)24-10-8-9-23(19-24)22-40-30-14-7-6-13-28(30)35-32(37)33(17-18-33)26-11-4-3-5-12-26/h3-16,19-20H,17-18,21-22H2,1-2H3,(H,34,36)(H,35,37). The summed E-state index contributed by atoms with van der Waals surface area (Å²) in [5.74, 6) is 1.89. The van der Waals surface area contributed by atoms with E-state index in [0.29, 0.717) is 29.4 Å². The Hall–Kier alpha value is -4.23. The molecule has 6 nitrogen and oxygen atoms in total. The number of benzene rings is 4. The van der Waals surface area contributed by atoms with E-state index >= 15 is 0 Å². The summed E-state index contributed by atoms with van der Waals surface area (Å²) < 4.78 is 10.7. The van der Waals surface area contributed by atoms with Crippen LogP contribution in [0, 0.1) is 0 Å². The van der Waals surface area contributed by atoms with Crippen LogP contribution >= 0.6 is 11.8 Å². The molecule has 204 valence electrons. The van der Waals surface area contributed by atoms with Crippen LogP contribution in [0.4, 0.5) is 5.69 Å². The number of thioether (sulfide) groups is 1. The van der Waals surface area contributed by atoms with Crippen molar-refractivity contribution in [3.8, 4) is 11.5 Å². The Kier molecular flexibility index (Phi) is 8.41. The molecule has 1 aliphatic rings. The van der Waals surface area contributed by atoms with Crippen LogP contribution in [0.5, 0.6) is 11.5 Å². The highest BCUT2D eigenvalue weighted by molar-refractivity contribution is 7.98. The van der Waals surface area contributed by atoms with Gasteiger partial charge in [0.15, 0.2) is 0 Å². The number of nitrogens with one attached hydrogen (secondary N) is 2. The Morgan fingerprint density at radius 2 is 1.62 bits per heavy atom. The zero-order valence-electron chi connectivity index (χ0n) is 22.6. The topological polar surface area (TPSA) is 76.7 Å². The van der Waals surface area contributed by atoms with Crippen molar-refractivity contribution in [2.75, 3.05) is 19.5 Å². The number of rotatable bonds is 11. The van der Waals surface area contributed by atoms with Gasteiger partial charge in [-0.2, -0.15) is 0 Å². The number of methoxy groups -OCH3 is 2. The first-order chi connectivity index (χ1) is 19.5. The third-order valence-corrected chi connectivity index (χ3v) is 8.31. The zero-order valence-corrected chi connectivity index (χ0v) is 23.4. The molecular formula is C33H32N2O4S. The second-order valence-electron chi connectivity index (χ2n) is 9.75. The fourth-order valence-electron chi connectivity index (χ4n) is 4.71. The van der Waals surface area contributed by atoms with Gasteiger partial charge in [0.25, 0.3) is 5.91 Å². The van der Waals surface area contributed by atoms with Crippen molar-refractivity contribution in [2.24, 2.45) is 0 Å². The summed E-state index contributed by atoms with van der Waals surface area (Å²) >= 11 is 1.63. The number of hydrogen-bond donors (Lipinski definition) is 2. The molecule has 2 amide bonds. The predicted molar refractivity (Wildman–Crippen MR) is 159 cm³/mol. The molecule has 2 N–H and O–H groups in total. The number of para-hydroxylation sites is 1. The lowest BCUT2D eigenvalue weighted by Gasteiger charge is -2.17. The Morgan fingerprint density at radius 1 is 0.850 bits per heavy atom. The molecule has 1 fully saturated rings. The summed E-state index contributed by atoms with van der Waals surface area (Å²) in [4.78, 5) is 27.2. The number of hydrogen-bond acceptors (Lipinski definition) is 5. The Balaban J connectivity index is 1.21. The van der Waals surface area contributed by atoms with Crippen molar-refractivity contribution >= 4 is 29.3 Å². The predicted octanol–water partition coefficient (Wildman–Crippen LogP) is 6.60. The molecular weight excluding hydrogens is 520 g/mol. The number of carbonyl (C=O) groups is 2. The number of amides is 2. The normalized spacial score (nSPS) is 13.2. The van der Waals surface area contributed by atoms with Gasteiger partial charge in [0.05, 0.1) is 25.3 Å². The number of ether oxygens (including phenoxy) is 2. The fraction of sp³-hybridized carbons (Fsp3) is 0.212. The quantitative estimate of drug-likeness (QED) is 0.205. The third kappa shape index (κ3) is 6.15. The summed E-state index contributed by atoms with van der Waals surface area (Å²) in [5.41, 5.74) is 3.91. The highest BCUT2D eigenvalue weighted by Gasteiger charge is 2.51. The van der Waals surface area contributed by atoms with Crippen LogP contribution in [0.3, 0.4) is 0 Å². The maximum absolute atomic E-state index is 13.3. The molecule has 1 aliphatic carbocycles. The second kappa shape index (κ2) is 12.3. The van der Waals surface area contributed by atoms with E-state index in [9.17, 15) is 9.59 Å². The van der Waals surface area contributed by atoms with Gasteiger partial charge >= 0.3 is 0 Å². The van der Waals surface area contributed by atoms with E-state index in [2.05, 4.69) is 10.6 Å². The second-order valence-corrected chi connectivity index (χ2v) is 10.8. The summed E-state index contributed by atoms with van der Waals surface area (Å²) in [6.45, 7) is 0.336. The smallest absolute Gasteiger partial charge is 0.251 e. The van der Waals surface area contributed by atoms with E-state index < -0.39 is 5.41 Å². The summed E-state index contributed by atoms with van der Waals surface area (Å²) in [5, 5.41) is 6.16. The van der Waals surface area contributed by atoms with E-state index in [-0.39, 0.29) is 11.8 Å². The van der Waals surface area contributed by atoms with Crippen molar-refractivity contribution in [1.82, 2.24) is 5.32 Å². The first-order valence-electron chi connectivity index (χ1n) is 13.2. The molecule has 0 atom stereocenters. The van der Waals surface area contributed by atoms with Crippen molar-refractivity contribution in [3.63, 3.8) is 0 Å². The van der Waals surface area contributed by atoms with Crippen molar-refractivity contribution in [2.45, 2.75) is 35.4 Å². The molecule has 0 aromatic heterocycles. The van der Waals surface area contributed by atoms with Gasteiger partial charge in [-0.1, -0.05) is 54.6 Å². The van der Waals surface area contributed by atoms with E-state index in [0.717, 1.165) is 40.1 Å². The van der Waals surface area contributed by atoms with Gasteiger partial charge in [0.2, 0.25) is 5.91 Å². The van der Waals surface area contributed by atoms with Gasteiger partial charge in [-0.25, -0.2) is 0 Å². The van der Waals surface area contributed by atoms with E-state index in [1.807, 2.05) is 91.0 Å². The largest absolute Gasteiger partial charge is 0.497 e. The Morgan fingerprint density at radius 3 is 2.38 bits per heavy atom. The van der Waals surface area contributed by atoms with Gasteiger partial charge in [0.1, 0.15) is 11.5 Å². The van der Waals surface area contributed by atoms with Crippen molar-refractivity contribution in [3.05, 3.63) is 119 Å². The lowest BCUT2D eigenvalue weighted by Crippen LogP contribution is -2.28. The van der Waals surface area contributed by atoms with Crippen molar-refractivity contribution in [1.29, 1.82) is 0 Å². The molecule has 0 bridgehead atoms. The SMILES string of the molecule is COc1ccc(CNC(=O)c2cccc(CSc3ccccc3NC(=O)C3(c4ccccc4)CC3)c2)c(OC)c1. The number of carbonyl (C=O) groups excluding carboxylic acids is 2. The molecule has 4 aromatic carbocycles. The highest BCUT2D eigenvalue weighted by atomic mass is 32.2. The minimum atomic E-state index is -0.434. The fourth-order valence-corrected chi connectivity index (χ4v) is 5.66. The molecule has 0 radical (unpaired) electrons. The molecule has 0 spiro atoms. The lowest BCUT2D eigenvalue weighted by molar-refractivity contribution is -0.118. The van der Waals surface area contributed by atoms with E-state index in [1.54, 1.807) is 32.0 Å². The average molecular weight is 553 g/mol. The molecule has 7 heteroatoms. The Bertz CT molecular complexity index is 1500. The van der Waals surface area contributed by atoms with Crippen LogP contribution in [0.15, 0.2) is 102 Å². The highest BCUT2D eigenvalue weighted by Crippen LogP contribution is 2.49. The first-order valence-corrected chi connectivity index (χ1v) is 14.2. The van der Waals surface area contributed by atoms with Gasteiger partial charge < -0.3 is 20.1 Å². The molecule has 0 saturated heterocycles. The van der Waals surface area contributed by atoms with Crippen LogP contribution in [0.2, 0.25) is 0 Å². The molecule has 1 saturated carbocycles. The monoisotopic (exact) mass is 552 g/mol. The van der Waals surface area contributed by atoms with Crippen molar-refractivity contribution < 1.29 is 19.1 Å². The van der Waals surface area contributed by atoms with Crippen LogP contribution in [-0.2, 0) is 22.5 Å². The minimum Gasteiger partial charge on any atom is -0.497 e. The zero-order chi connectivity index (χ0) is 28.0.